The molecule has 2 heterocycles. The van der Waals surface area contributed by atoms with Crippen molar-refractivity contribution in [2.45, 2.75) is 43.1 Å². The van der Waals surface area contributed by atoms with Crippen molar-refractivity contribution in [1.82, 2.24) is 0 Å². The van der Waals surface area contributed by atoms with Crippen molar-refractivity contribution in [3.63, 3.8) is 0 Å². The Kier molecular flexibility index (Phi) is 3.67. The number of Topliss-reactive ketones (excluding diaryl/α,β-unsaturated/α-hetero) is 1. The van der Waals surface area contributed by atoms with E-state index >= 15 is 0 Å². The van der Waals surface area contributed by atoms with Gasteiger partial charge in [0.25, 0.3) is 0 Å². The zero-order chi connectivity index (χ0) is 14.3. The van der Waals surface area contributed by atoms with Crippen LogP contribution in [0.25, 0.3) is 0 Å². The standard InChI is InChI=1S/C16H20O3S/c1-10-5-11(7-13(6-10)19-2)16(17)12-8-14-3-4-15(9-12)20(14)18/h5-7,12,14-15H,3-4,8-9H2,1-2H3. The van der Waals surface area contributed by atoms with Gasteiger partial charge in [0.05, 0.1) is 7.11 Å². The minimum atomic E-state index is -0.700. The SMILES string of the molecule is COc1cc(C)cc(C(=O)C2CC3CCC(C2)S3=O)c1. The average Bonchev–Trinajstić information content (AvgIpc) is 2.67. The highest BCUT2D eigenvalue weighted by molar-refractivity contribution is 7.86. The Morgan fingerprint density at radius 2 is 1.85 bits per heavy atom. The van der Waals surface area contributed by atoms with Gasteiger partial charge in [-0.2, -0.15) is 0 Å². The molecule has 3 nitrogen and oxygen atoms in total. The Morgan fingerprint density at radius 3 is 2.45 bits per heavy atom. The van der Waals surface area contributed by atoms with Crippen molar-refractivity contribution in [2.24, 2.45) is 5.92 Å². The third-order valence-electron chi connectivity index (χ3n) is 4.50. The fraction of sp³-hybridized carbons (Fsp3) is 0.562. The highest BCUT2D eigenvalue weighted by Gasteiger charge is 2.42. The van der Waals surface area contributed by atoms with Gasteiger partial charge in [0.1, 0.15) is 5.75 Å². The van der Waals surface area contributed by atoms with Crippen LogP contribution < -0.4 is 4.74 Å². The molecule has 2 bridgehead atoms. The van der Waals surface area contributed by atoms with E-state index in [0.717, 1.165) is 42.6 Å². The summed E-state index contributed by atoms with van der Waals surface area (Å²) in [6.45, 7) is 1.97. The third kappa shape index (κ3) is 2.41. The molecule has 2 aliphatic rings. The smallest absolute Gasteiger partial charge is 0.166 e. The molecule has 0 N–H and O–H groups in total. The number of benzene rings is 1. The Labute approximate surface area is 122 Å². The number of aryl methyl sites for hydroxylation is 1. The van der Waals surface area contributed by atoms with Crippen LogP contribution in [-0.4, -0.2) is 27.6 Å². The average molecular weight is 292 g/mol. The second-order valence-corrected chi connectivity index (χ2v) is 7.91. The number of hydrogen-bond acceptors (Lipinski definition) is 3. The van der Waals surface area contributed by atoms with Crippen LogP contribution in [0.1, 0.15) is 41.6 Å². The fourth-order valence-electron chi connectivity index (χ4n) is 3.49. The highest BCUT2D eigenvalue weighted by Crippen LogP contribution is 2.40. The molecule has 2 saturated heterocycles. The quantitative estimate of drug-likeness (QED) is 0.805. The summed E-state index contributed by atoms with van der Waals surface area (Å²) in [7, 11) is 0.919. The van der Waals surface area contributed by atoms with Crippen LogP contribution in [-0.2, 0) is 10.8 Å². The molecule has 0 amide bonds. The van der Waals surface area contributed by atoms with Crippen molar-refractivity contribution >= 4 is 16.6 Å². The Morgan fingerprint density at radius 1 is 1.20 bits per heavy atom. The molecule has 2 atom stereocenters. The topological polar surface area (TPSA) is 43.4 Å². The molecule has 0 radical (unpaired) electrons. The van der Waals surface area contributed by atoms with Crippen molar-refractivity contribution in [2.75, 3.05) is 7.11 Å². The maximum absolute atomic E-state index is 12.7. The first-order valence-electron chi connectivity index (χ1n) is 7.17. The first kappa shape index (κ1) is 13.8. The number of fused-ring (bicyclic) bond motifs is 2. The van der Waals surface area contributed by atoms with E-state index in [1.807, 2.05) is 25.1 Å². The molecule has 0 aromatic heterocycles. The number of carbonyl (C=O) groups excluding carboxylic acids is 1. The molecule has 2 aliphatic heterocycles. The van der Waals surface area contributed by atoms with Gasteiger partial charge in [0, 0.05) is 32.8 Å². The van der Waals surface area contributed by atoms with Crippen LogP contribution in [0.4, 0.5) is 0 Å². The predicted octanol–water partition coefficient (Wildman–Crippen LogP) is 2.88. The first-order chi connectivity index (χ1) is 9.58. The summed E-state index contributed by atoms with van der Waals surface area (Å²) in [5.41, 5.74) is 1.77. The lowest BCUT2D eigenvalue weighted by molar-refractivity contribution is 0.0905. The van der Waals surface area contributed by atoms with E-state index < -0.39 is 10.8 Å². The number of carbonyl (C=O) groups is 1. The Bertz CT molecular complexity index is 551. The van der Waals surface area contributed by atoms with Crippen LogP contribution in [0.15, 0.2) is 18.2 Å². The molecule has 2 fully saturated rings. The number of methoxy groups -OCH3 is 1. The van der Waals surface area contributed by atoms with Gasteiger partial charge in [-0.15, -0.1) is 0 Å². The molecule has 108 valence electrons. The summed E-state index contributed by atoms with van der Waals surface area (Å²) < 4.78 is 17.3. The van der Waals surface area contributed by atoms with Gasteiger partial charge in [0.2, 0.25) is 0 Å². The Hall–Kier alpha value is -1.16. The van der Waals surface area contributed by atoms with E-state index in [4.69, 9.17) is 4.74 Å². The number of ether oxygens (including phenoxy) is 1. The van der Waals surface area contributed by atoms with Crippen molar-refractivity contribution in [3.05, 3.63) is 29.3 Å². The number of hydrogen-bond donors (Lipinski definition) is 0. The summed E-state index contributed by atoms with van der Waals surface area (Å²) in [4.78, 5) is 12.7. The van der Waals surface area contributed by atoms with Crippen molar-refractivity contribution in [3.8, 4) is 5.75 Å². The molecular formula is C16H20O3S. The maximum atomic E-state index is 12.7. The molecule has 0 saturated carbocycles. The zero-order valence-electron chi connectivity index (χ0n) is 11.9. The second kappa shape index (κ2) is 5.32. The van der Waals surface area contributed by atoms with Gasteiger partial charge in [-0.3, -0.25) is 9.00 Å². The van der Waals surface area contributed by atoms with Gasteiger partial charge < -0.3 is 4.74 Å². The Balaban J connectivity index is 1.83. The maximum Gasteiger partial charge on any atom is 0.166 e. The predicted molar refractivity (Wildman–Crippen MR) is 79.7 cm³/mol. The largest absolute Gasteiger partial charge is 0.497 e. The lowest BCUT2D eigenvalue weighted by Crippen LogP contribution is -2.32. The van der Waals surface area contributed by atoms with Crippen molar-refractivity contribution < 1.29 is 13.7 Å². The van der Waals surface area contributed by atoms with Crippen LogP contribution in [0.3, 0.4) is 0 Å². The molecule has 1 aromatic rings. The number of rotatable bonds is 3. The molecule has 3 rings (SSSR count). The molecule has 4 heteroatoms. The van der Waals surface area contributed by atoms with Gasteiger partial charge in [-0.1, -0.05) is 0 Å². The zero-order valence-corrected chi connectivity index (χ0v) is 12.7. The third-order valence-corrected chi connectivity index (χ3v) is 6.67. The molecule has 2 unspecified atom stereocenters. The van der Waals surface area contributed by atoms with Gasteiger partial charge in [0.15, 0.2) is 5.78 Å². The minimum absolute atomic E-state index is 0.0386. The van der Waals surface area contributed by atoms with E-state index in [9.17, 15) is 9.00 Å². The summed E-state index contributed by atoms with van der Waals surface area (Å²) >= 11 is 0. The second-order valence-electron chi connectivity index (χ2n) is 5.92. The summed E-state index contributed by atoms with van der Waals surface area (Å²) in [5.74, 6) is 0.966. The molecule has 1 aromatic carbocycles. The van der Waals surface area contributed by atoms with E-state index in [1.54, 1.807) is 7.11 Å². The number of ketones is 1. The summed E-state index contributed by atoms with van der Waals surface area (Å²) in [6, 6.07) is 5.68. The van der Waals surface area contributed by atoms with E-state index in [-0.39, 0.29) is 22.2 Å². The monoisotopic (exact) mass is 292 g/mol. The van der Waals surface area contributed by atoms with E-state index in [2.05, 4.69) is 0 Å². The molecular weight excluding hydrogens is 272 g/mol. The highest BCUT2D eigenvalue weighted by atomic mass is 32.2. The van der Waals surface area contributed by atoms with Crippen molar-refractivity contribution in [1.29, 1.82) is 0 Å². The lowest BCUT2D eigenvalue weighted by Gasteiger charge is -2.26. The van der Waals surface area contributed by atoms with Gasteiger partial charge in [-0.25, -0.2) is 0 Å². The van der Waals surface area contributed by atoms with Crippen LogP contribution >= 0.6 is 0 Å². The van der Waals surface area contributed by atoms with Crippen LogP contribution in [0.5, 0.6) is 5.75 Å². The van der Waals surface area contributed by atoms with Gasteiger partial charge >= 0.3 is 0 Å². The lowest BCUT2D eigenvalue weighted by atomic mass is 9.90. The van der Waals surface area contributed by atoms with E-state index in [1.165, 1.54) is 0 Å². The van der Waals surface area contributed by atoms with E-state index in [0.29, 0.717) is 0 Å². The van der Waals surface area contributed by atoms with Crippen LogP contribution in [0, 0.1) is 12.8 Å². The fourth-order valence-corrected chi connectivity index (χ4v) is 5.62. The summed E-state index contributed by atoms with van der Waals surface area (Å²) in [5, 5.41) is 0.490. The molecule has 0 spiro atoms. The summed E-state index contributed by atoms with van der Waals surface area (Å²) in [6.07, 6.45) is 3.63. The van der Waals surface area contributed by atoms with Crippen LogP contribution in [0.2, 0.25) is 0 Å². The minimum Gasteiger partial charge on any atom is -0.497 e. The first-order valence-corrected chi connectivity index (χ1v) is 8.45. The normalized spacial score (nSPS) is 32.1. The molecule has 0 aliphatic carbocycles. The van der Waals surface area contributed by atoms with Gasteiger partial charge in [-0.05, 0) is 56.4 Å². The molecule has 20 heavy (non-hydrogen) atoms.